The molecule has 2 aliphatic rings. The standard InChI is InChI=1S/C23H19ClO7S2/c1-13(25)14-5-7-15(8-6-14)33(30,31)20-4-2-3-18(26)21(20)23(27)17-9-10-19-16(22(17)24)11-12-32(19,28)29/h5-10H,2-4,11-12H2,1H3. The Morgan fingerprint density at radius 3 is 2.27 bits per heavy atom. The number of ketones is 3. The summed E-state index contributed by atoms with van der Waals surface area (Å²) in [6.45, 7) is 1.36. The van der Waals surface area contributed by atoms with Crippen LogP contribution < -0.4 is 0 Å². The number of benzene rings is 2. The number of rotatable bonds is 5. The second-order valence-corrected chi connectivity index (χ2v) is 12.4. The van der Waals surface area contributed by atoms with Crippen molar-refractivity contribution in [3.63, 3.8) is 0 Å². The fourth-order valence-corrected chi connectivity index (χ4v) is 7.75. The summed E-state index contributed by atoms with van der Waals surface area (Å²) in [7, 11) is -7.68. The van der Waals surface area contributed by atoms with Gasteiger partial charge in [0.2, 0.25) is 9.84 Å². The Morgan fingerprint density at radius 2 is 1.64 bits per heavy atom. The highest BCUT2D eigenvalue weighted by Crippen LogP contribution is 2.38. The molecule has 7 nitrogen and oxygen atoms in total. The molecular formula is C23H19ClO7S2. The molecule has 0 atom stereocenters. The largest absolute Gasteiger partial charge is 0.295 e. The minimum Gasteiger partial charge on any atom is -0.295 e. The third kappa shape index (κ3) is 3.98. The number of Topliss-reactive ketones (excluding diaryl/α,β-unsaturated/α-hetero) is 3. The first kappa shape index (κ1) is 23.5. The maximum absolute atomic E-state index is 13.4. The Morgan fingerprint density at radius 1 is 0.970 bits per heavy atom. The van der Waals surface area contributed by atoms with Gasteiger partial charge in [0, 0.05) is 17.5 Å². The van der Waals surface area contributed by atoms with Gasteiger partial charge in [0.15, 0.2) is 27.2 Å². The van der Waals surface area contributed by atoms with Gasteiger partial charge in [-0.1, -0.05) is 23.7 Å². The first-order chi connectivity index (χ1) is 15.4. The predicted octanol–water partition coefficient (Wildman–Crippen LogP) is 3.54. The maximum Gasteiger partial charge on any atom is 0.203 e. The SMILES string of the molecule is CC(=O)c1ccc(S(=O)(=O)C2=C(C(=O)c3ccc4c(c3Cl)CCS4(=O)=O)C(=O)CCC2)cc1. The number of hydrogen-bond donors (Lipinski definition) is 0. The smallest absolute Gasteiger partial charge is 0.203 e. The lowest BCUT2D eigenvalue weighted by molar-refractivity contribution is -0.115. The highest BCUT2D eigenvalue weighted by Gasteiger charge is 2.37. The van der Waals surface area contributed by atoms with E-state index in [9.17, 15) is 31.2 Å². The molecule has 0 saturated heterocycles. The predicted molar refractivity (Wildman–Crippen MR) is 121 cm³/mol. The van der Waals surface area contributed by atoms with Crippen molar-refractivity contribution in [1.82, 2.24) is 0 Å². The van der Waals surface area contributed by atoms with E-state index in [-0.39, 0.29) is 62.5 Å². The Labute approximate surface area is 196 Å². The highest BCUT2D eigenvalue weighted by molar-refractivity contribution is 7.95. The molecule has 0 spiro atoms. The molecule has 0 radical (unpaired) electrons. The maximum atomic E-state index is 13.4. The van der Waals surface area contributed by atoms with Crippen LogP contribution in [0.5, 0.6) is 0 Å². The fourth-order valence-electron chi connectivity index (χ4n) is 4.13. The summed E-state index contributed by atoms with van der Waals surface area (Å²) in [5, 5.41) is -0.0768. The third-order valence-corrected chi connectivity index (χ3v) is 10.1. The number of sulfone groups is 2. The molecule has 0 saturated carbocycles. The van der Waals surface area contributed by atoms with Crippen LogP contribution >= 0.6 is 11.6 Å². The Balaban J connectivity index is 1.85. The number of fused-ring (bicyclic) bond motifs is 1. The minimum atomic E-state index is -4.19. The van der Waals surface area contributed by atoms with E-state index in [2.05, 4.69) is 0 Å². The second-order valence-electron chi connectivity index (χ2n) is 7.96. The molecule has 2 aromatic rings. The van der Waals surface area contributed by atoms with E-state index in [1.165, 1.54) is 43.3 Å². The Kier molecular flexibility index (Phi) is 5.92. The number of carbonyl (C=O) groups excluding carboxylic acids is 3. The molecule has 0 fully saturated rings. The van der Waals surface area contributed by atoms with Gasteiger partial charge in [-0.05, 0) is 56.0 Å². The lowest BCUT2D eigenvalue weighted by Gasteiger charge is -2.20. The summed E-state index contributed by atoms with van der Waals surface area (Å²) in [5.74, 6) is -1.79. The van der Waals surface area contributed by atoms with E-state index in [0.717, 1.165) is 0 Å². The van der Waals surface area contributed by atoms with Gasteiger partial charge in [-0.3, -0.25) is 14.4 Å². The molecule has 0 bridgehead atoms. The fraction of sp³-hybridized carbons (Fsp3) is 0.261. The van der Waals surface area contributed by atoms with Crippen LogP contribution in [-0.2, 0) is 30.9 Å². The van der Waals surface area contributed by atoms with Gasteiger partial charge in [0.25, 0.3) is 0 Å². The molecule has 10 heteroatoms. The van der Waals surface area contributed by atoms with E-state index in [1.54, 1.807) is 0 Å². The van der Waals surface area contributed by atoms with E-state index < -0.39 is 36.8 Å². The van der Waals surface area contributed by atoms with Gasteiger partial charge in [-0.2, -0.15) is 0 Å². The molecule has 33 heavy (non-hydrogen) atoms. The Hall–Kier alpha value is -2.62. The van der Waals surface area contributed by atoms with Crippen molar-refractivity contribution < 1.29 is 31.2 Å². The first-order valence-corrected chi connectivity index (χ1v) is 13.7. The van der Waals surface area contributed by atoms with Crippen LogP contribution in [0.15, 0.2) is 56.7 Å². The molecule has 4 rings (SSSR count). The molecule has 1 heterocycles. The van der Waals surface area contributed by atoms with E-state index in [1.807, 2.05) is 0 Å². The van der Waals surface area contributed by atoms with Crippen LogP contribution in [0.1, 0.15) is 52.5 Å². The van der Waals surface area contributed by atoms with Crippen LogP contribution in [-0.4, -0.2) is 39.9 Å². The van der Waals surface area contributed by atoms with Crippen molar-refractivity contribution in [1.29, 1.82) is 0 Å². The summed E-state index contributed by atoms with van der Waals surface area (Å²) < 4.78 is 51.0. The molecule has 0 aromatic heterocycles. The summed E-state index contributed by atoms with van der Waals surface area (Å²) in [4.78, 5) is 37.3. The molecule has 172 valence electrons. The minimum absolute atomic E-state index is 0.000541. The van der Waals surface area contributed by atoms with E-state index in [4.69, 9.17) is 11.6 Å². The van der Waals surface area contributed by atoms with Crippen molar-refractivity contribution in [3.8, 4) is 0 Å². The zero-order valence-electron chi connectivity index (χ0n) is 17.6. The number of halogens is 1. The average Bonchev–Trinajstić information content (AvgIpc) is 3.08. The van der Waals surface area contributed by atoms with Gasteiger partial charge in [0.1, 0.15) is 0 Å². The van der Waals surface area contributed by atoms with Crippen molar-refractivity contribution in [2.75, 3.05) is 5.75 Å². The summed E-state index contributed by atoms with van der Waals surface area (Å²) >= 11 is 6.37. The molecule has 2 aromatic carbocycles. The summed E-state index contributed by atoms with van der Waals surface area (Å²) in [6, 6.07) is 7.80. The van der Waals surface area contributed by atoms with Gasteiger partial charge in [0.05, 0.1) is 31.0 Å². The van der Waals surface area contributed by atoms with Crippen molar-refractivity contribution in [2.45, 2.75) is 42.4 Å². The van der Waals surface area contributed by atoms with Gasteiger partial charge >= 0.3 is 0 Å². The lowest BCUT2D eigenvalue weighted by Crippen LogP contribution is -2.24. The van der Waals surface area contributed by atoms with Crippen LogP contribution in [0.2, 0.25) is 5.02 Å². The van der Waals surface area contributed by atoms with Gasteiger partial charge < -0.3 is 0 Å². The Bertz CT molecular complexity index is 1470. The van der Waals surface area contributed by atoms with Crippen LogP contribution in [0.3, 0.4) is 0 Å². The van der Waals surface area contributed by atoms with Gasteiger partial charge in [-0.25, -0.2) is 16.8 Å². The second kappa shape index (κ2) is 8.30. The highest BCUT2D eigenvalue weighted by atomic mass is 35.5. The average molecular weight is 507 g/mol. The van der Waals surface area contributed by atoms with Crippen LogP contribution in [0.25, 0.3) is 0 Å². The van der Waals surface area contributed by atoms with Gasteiger partial charge in [-0.15, -0.1) is 0 Å². The third-order valence-electron chi connectivity index (χ3n) is 5.89. The number of hydrogen-bond acceptors (Lipinski definition) is 7. The molecule has 1 aliphatic heterocycles. The summed E-state index contributed by atoms with van der Waals surface area (Å²) in [6.07, 6.45) is 0.422. The van der Waals surface area contributed by atoms with Crippen LogP contribution in [0, 0.1) is 0 Å². The molecule has 0 N–H and O–H groups in total. The topological polar surface area (TPSA) is 119 Å². The van der Waals surface area contributed by atoms with Crippen molar-refractivity contribution >= 4 is 48.6 Å². The normalized spacial score (nSPS) is 17.7. The van der Waals surface area contributed by atoms with Crippen LogP contribution in [0.4, 0.5) is 0 Å². The molecule has 0 amide bonds. The monoisotopic (exact) mass is 506 g/mol. The number of allylic oxidation sites excluding steroid dienone is 2. The first-order valence-electron chi connectivity index (χ1n) is 10.2. The lowest BCUT2D eigenvalue weighted by atomic mass is 9.91. The van der Waals surface area contributed by atoms with E-state index in [0.29, 0.717) is 11.1 Å². The van der Waals surface area contributed by atoms with Crippen molar-refractivity contribution in [2.24, 2.45) is 0 Å². The zero-order valence-corrected chi connectivity index (χ0v) is 19.9. The molecule has 0 unspecified atom stereocenters. The van der Waals surface area contributed by atoms with E-state index >= 15 is 0 Å². The summed E-state index contributed by atoms with van der Waals surface area (Å²) in [5.41, 5.74) is 0.0893. The zero-order chi connectivity index (χ0) is 24.1. The molecular weight excluding hydrogens is 488 g/mol. The quantitative estimate of drug-likeness (QED) is 0.449. The van der Waals surface area contributed by atoms with Crippen molar-refractivity contribution in [3.05, 3.63) is 68.6 Å². The number of carbonyl (C=O) groups is 3. The molecule has 1 aliphatic carbocycles.